The molecule has 98 valence electrons. The zero-order valence-electron chi connectivity index (χ0n) is 11.7. The first-order valence-corrected chi connectivity index (χ1v) is 6.50. The monoisotopic (exact) mass is 230 g/mol. The highest BCUT2D eigenvalue weighted by atomic mass is 16.5. The molecular formula is C13H30N2O. The molecule has 0 bridgehead atoms. The lowest BCUT2D eigenvalue weighted by atomic mass is 10.0. The summed E-state index contributed by atoms with van der Waals surface area (Å²) in [6.45, 7) is 13.0. The topological polar surface area (TPSA) is 33.3 Å². The summed E-state index contributed by atoms with van der Waals surface area (Å²) in [7, 11) is 1.79. The third-order valence-corrected chi connectivity index (χ3v) is 3.00. The summed E-state index contributed by atoms with van der Waals surface area (Å²) in [5.41, 5.74) is -0.00857. The molecule has 16 heavy (non-hydrogen) atoms. The smallest absolute Gasteiger partial charge is 0.0771 e. The van der Waals surface area contributed by atoms with E-state index in [-0.39, 0.29) is 5.60 Å². The van der Waals surface area contributed by atoms with Gasteiger partial charge in [-0.15, -0.1) is 0 Å². The van der Waals surface area contributed by atoms with Gasteiger partial charge < -0.3 is 15.4 Å². The first kappa shape index (κ1) is 15.9. The minimum absolute atomic E-state index is 0.00857. The molecule has 0 aliphatic heterocycles. The van der Waals surface area contributed by atoms with E-state index in [0.717, 1.165) is 38.5 Å². The fourth-order valence-electron chi connectivity index (χ4n) is 1.42. The average molecular weight is 230 g/mol. The van der Waals surface area contributed by atoms with Crippen molar-refractivity contribution in [1.82, 2.24) is 10.6 Å². The van der Waals surface area contributed by atoms with Gasteiger partial charge in [-0.2, -0.15) is 0 Å². The molecule has 0 aromatic rings. The summed E-state index contributed by atoms with van der Waals surface area (Å²) < 4.78 is 5.47. The molecule has 0 saturated carbocycles. The van der Waals surface area contributed by atoms with Crippen molar-refractivity contribution in [3.63, 3.8) is 0 Å². The molecule has 0 aromatic heterocycles. The van der Waals surface area contributed by atoms with Crippen LogP contribution in [0.2, 0.25) is 0 Å². The summed E-state index contributed by atoms with van der Waals surface area (Å²) in [5.74, 6) is 0.741. The minimum atomic E-state index is -0.00857. The highest BCUT2D eigenvalue weighted by Gasteiger charge is 2.19. The van der Waals surface area contributed by atoms with Crippen molar-refractivity contribution < 1.29 is 4.74 Å². The molecule has 3 nitrogen and oxygen atoms in total. The van der Waals surface area contributed by atoms with E-state index in [2.05, 4.69) is 38.3 Å². The van der Waals surface area contributed by atoms with Crippen molar-refractivity contribution in [2.24, 2.45) is 5.92 Å². The summed E-state index contributed by atoms with van der Waals surface area (Å²) in [5, 5.41) is 6.89. The third-order valence-electron chi connectivity index (χ3n) is 3.00. The van der Waals surface area contributed by atoms with Crippen LogP contribution in [0, 0.1) is 5.92 Å². The van der Waals surface area contributed by atoms with Gasteiger partial charge in [0.15, 0.2) is 0 Å². The number of methoxy groups -OCH3 is 1. The Morgan fingerprint density at radius 3 is 2.31 bits per heavy atom. The molecule has 0 spiro atoms. The Balaban J connectivity index is 3.33. The fraction of sp³-hybridized carbons (Fsp3) is 1.00. The van der Waals surface area contributed by atoms with Gasteiger partial charge in [-0.05, 0) is 45.3 Å². The molecule has 2 N–H and O–H groups in total. The Morgan fingerprint density at radius 2 is 1.81 bits per heavy atom. The highest BCUT2D eigenvalue weighted by Crippen LogP contribution is 2.11. The maximum Gasteiger partial charge on any atom is 0.0771 e. The van der Waals surface area contributed by atoms with E-state index < -0.39 is 0 Å². The van der Waals surface area contributed by atoms with E-state index in [0.29, 0.717) is 0 Å². The van der Waals surface area contributed by atoms with Crippen molar-refractivity contribution in [3.05, 3.63) is 0 Å². The zero-order chi connectivity index (χ0) is 12.4. The van der Waals surface area contributed by atoms with Gasteiger partial charge >= 0.3 is 0 Å². The molecule has 0 aromatic carbocycles. The third kappa shape index (κ3) is 8.08. The van der Waals surface area contributed by atoms with Crippen LogP contribution in [-0.2, 0) is 4.74 Å². The predicted molar refractivity (Wildman–Crippen MR) is 70.9 cm³/mol. The van der Waals surface area contributed by atoms with E-state index in [9.17, 15) is 0 Å². The SMILES string of the molecule is CCC(C)(CNCCCNCC(C)C)OC. The predicted octanol–water partition coefficient (Wildman–Crippen LogP) is 2.03. The first-order valence-electron chi connectivity index (χ1n) is 6.50. The van der Waals surface area contributed by atoms with Crippen LogP contribution in [-0.4, -0.2) is 38.9 Å². The molecule has 3 heteroatoms. The minimum Gasteiger partial charge on any atom is -0.377 e. The zero-order valence-corrected chi connectivity index (χ0v) is 11.7. The standard InChI is InChI=1S/C13H30N2O/c1-6-13(4,16-5)11-15-9-7-8-14-10-12(2)3/h12,14-15H,6-11H2,1-5H3. The fourth-order valence-corrected chi connectivity index (χ4v) is 1.42. The summed E-state index contributed by atoms with van der Waals surface area (Å²) in [6.07, 6.45) is 2.22. The molecule has 0 aliphatic carbocycles. The molecule has 1 atom stereocenters. The van der Waals surface area contributed by atoms with Gasteiger partial charge in [0.2, 0.25) is 0 Å². The van der Waals surface area contributed by atoms with Gasteiger partial charge in [0, 0.05) is 13.7 Å². The van der Waals surface area contributed by atoms with Crippen molar-refractivity contribution in [2.75, 3.05) is 33.3 Å². The van der Waals surface area contributed by atoms with Crippen LogP contribution in [0.5, 0.6) is 0 Å². The van der Waals surface area contributed by atoms with Crippen molar-refractivity contribution in [3.8, 4) is 0 Å². The van der Waals surface area contributed by atoms with Crippen LogP contribution in [0.25, 0.3) is 0 Å². The van der Waals surface area contributed by atoms with Crippen LogP contribution < -0.4 is 10.6 Å². The summed E-state index contributed by atoms with van der Waals surface area (Å²) in [4.78, 5) is 0. The van der Waals surface area contributed by atoms with Crippen molar-refractivity contribution in [2.45, 2.75) is 46.1 Å². The van der Waals surface area contributed by atoms with Crippen LogP contribution in [0.4, 0.5) is 0 Å². The molecule has 0 amide bonds. The number of nitrogens with one attached hydrogen (secondary N) is 2. The number of rotatable bonds is 10. The average Bonchev–Trinajstić information content (AvgIpc) is 2.27. The Labute approximate surface area is 101 Å². The normalized spacial score (nSPS) is 15.4. The second-order valence-corrected chi connectivity index (χ2v) is 5.14. The van der Waals surface area contributed by atoms with Crippen molar-refractivity contribution in [1.29, 1.82) is 0 Å². The van der Waals surface area contributed by atoms with E-state index in [1.807, 2.05) is 0 Å². The largest absolute Gasteiger partial charge is 0.377 e. The van der Waals surface area contributed by atoms with Gasteiger partial charge in [0.25, 0.3) is 0 Å². The van der Waals surface area contributed by atoms with Gasteiger partial charge in [0.05, 0.1) is 5.60 Å². The molecule has 0 rings (SSSR count). The molecule has 1 unspecified atom stereocenters. The lowest BCUT2D eigenvalue weighted by Gasteiger charge is -2.27. The molecule has 0 aliphatic rings. The number of hydrogen-bond acceptors (Lipinski definition) is 3. The van der Waals surface area contributed by atoms with Gasteiger partial charge in [-0.25, -0.2) is 0 Å². The van der Waals surface area contributed by atoms with Crippen LogP contribution in [0.15, 0.2) is 0 Å². The van der Waals surface area contributed by atoms with Crippen molar-refractivity contribution >= 4 is 0 Å². The highest BCUT2D eigenvalue weighted by molar-refractivity contribution is 4.75. The Bertz CT molecular complexity index is 156. The maximum atomic E-state index is 5.47. The second-order valence-electron chi connectivity index (χ2n) is 5.14. The maximum absolute atomic E-state index is 5.47. The van der Waals surface area contributed by atoms with Gasteiger partial charge in [0.1, 0.15) is 0 Å². The lowest BCUT2D eigenvalue weighted by Crippen LogP contribution is -2.39. The van der Waals surface area contributed by atoms with Crippen LogP contribution in [0.1, 0.15) is 40.5 Å². The quantitative estimate of drug-likeness (QED) is 0.563. The van der Waals surface area contributed by atoms with Gasteiger partial charge in [-0.1, -0.05) is 20.8 Å². The second kappa shape index (κ2) is 8.97. The van der Waals surface area contributed by atoms with E-state index in [1.165, 1.54) is 6.42 Å². The molecule has 0 heterocycles. The van der Waals surface area contributed by atoms with Gasteiger partial charge in [-0.3, -0.25) is 0 Å². The summed E-state index contributed by atoms with van der Waals surface area (Å²) in [6, 6.07) is 0. The Morgan fingerprint density at radius 1 is 1.19 bits per heavy atom. The molecule has 0 fully saturated rings. The molecule has 0 radical (unpaired) electrons. The van der Waals surface area contributed by atoms with Crippen LogP contribution in [0.3, 0.4) is 0 Å². The number of ether oxygens (including phenoxy) is 1. The molecule has 0 saturated heterocycles. The lowest BCUT2D eigenvalue weighted by molar-refractivity contribution is 0.00385. The van der Waals surface area contributed by atoms with E-state index >= 15 is 0 Å². The van der Waals surface area contributed by atoms with E-state index in [4.69, 9.17) is 4.74 Å². The first-order chi connectivity index (χ1) is 7.54. The van der Waals surface area contributed by atoms with Crippen LogP contribution >= 0.6 is 0 Å². The number of hydrogen-bond donors (Lipinski definition) is 2. The van der Waals surface area contributed by atoms with E-state index in [1.54, 1.807) is 7.11 Å². The Kier molecular flexibility index (Phi) is 8.90. The molecular weight excluding hydrogens is 200 g/mol. The Hall–Kier alpha value is -0.120. The summed E-state index contributed by atoms with van der Waals surface area (Å²) >= 11 is 0.